The molecule has 3 nitrogen and oxygen atoms in total. The Labute approximate surface area is 173 Å². The first-order valence-corrected chi connectivity index (χ1v) is 9.77. The van der Waals surface area contributed by atoms with Crippen molar-refractivity contribution >= 4 is 27.7 Å². The van der Waals surface area contributed by atoms with Gasteiger partial charge in [-0.2, -0.15) is 0 Å². The van der Waals surface area contributed by atoms with Crippen LogP contribution in [-0.2, 0) is 6.54 Å². The summed E-state index contributed by atoms with van der Waals surface area (Å²) in [5.41, 5.74) is 11.2. The Morgan fingerprint density at radius 2 is 1.60 bits per heavy atom. The van der Waals surface area contributed by atoms with Gasteiger partial charge < -0.3 is 10.3 Å². The first-order valence-electron chi connectivity index (χ1n) is 9.77. The Kier molecular flexibility index (Phi) is 4.32. The topological polar surface area (TPSA) is 48.0 Å². The van der Waals surface area contributed by atoms with E-state index in [1.807, 2.05) is 42.5 Å². The highest BCUT2D eigenvalue weighted by molar-refractivity contribution is 6.17. The third-order valence-corrected chi connectivity index (χ3v) is 5.55. The second-order valence-corrected chi connectivity index (χ2v) is 7.33. The Hall–Kier alpha value is -3.92. The van der Waals surface area contributed by atoms with Gasteiger partial charge in [0.25, 0.3) is 0 Å². The molecular weight excluding hydrogens is 375 g/mol. The molecule has 4 heteroatoms. The highest BCUT2D eigenvalue weighted by Gasteiger charge is 2.18. The Morgan fingerprint density at radius 3 is 2.40 bits per heavy atom. The maximum absolute atomic E-state index is 14.1. The molecule has 0 aliphatic rings. The monoisotopic (exact) mass is 394 g/mol. The van der Waals surface area contributed by atoms with E-state index in [0.717, 1.165) is 27.7 Å². The van der Waals surface area contributed by atoms with Crippen molar-refractivity contribution in [2.45, 2.75) is 6.54 Å². The third kappa shape index (κ3) is 2.94. The van der Waals surface area contributed by atoms with E-state index in [4.69, 9.17) is 5.73 Å². The van der Waals surface area contributed by atoms with Crippen molar-refractivity contribution in [2.75, 3.05) is 0 Å². The Balaban J connectivity index is 1.77. The van der Waals surface area contributed by atoms with Gasteiger partial charge in [0.05, 0.1) is 5.52 Å². The van der Waals surface area contributed by atoms with Gasteiger partial charge in [0, 0.05) is 28.4 Å². The van der Waals surface area contributed by atoms with Crippen LogP contribution in [0.15, 0.2) is 91.0 Å². The fourth-order valence-corrected chi connectivity index (χ4v) is 4.23. The fraction of sp³-hybridized carbons (Fsp3) is 0.0385. The van der Waals surface area contributed by atoms with E-state index in [1.54, 1.807) is 12.1 Å². The van der Waals surface area contributed by atoms with Crippen molar-refractivity contribution in [1.29, 1.82) is 0 Å². The molecule has 5 rings (SSSR count). The molecule has 0 saturated carbocycles. The van der Waals surface area contributed by atoms with Gasteiger partial charge in [-0.25, -0.2) is 4.39 Å². The SMILES string of the molecule is NC(=O)c1cccc2c1c1cc(F)ccc1n2Cc1ccccc1-c1ccccc1. The van der Waals surface area contributed by atoms with Crippen molar-refractivity contribution in [3.63, 3.8) is 0 Å². The Bertz CT molecular complexity index is 1400. The van der Waals surface area contributed by atoms with Gasteiger partial charge in [-0.15, -0.1) is 0 Å². The molecule has 1 amide bonds. The lowest BCUT2D eigenvalue weighted by atomic mass is 9.99. The van der Waals surface area contributed by atoms with E-state index in [9.17, 15) is 9.18 Å². The molecule has 4 aromatic carbocycles. The van der Waals surface area contributed by atoms with Crippen LogP contribution in [0.5, 0.6) is 0 Å². The second kappa shape index (κ2) is 7.16. The minimum absolute atomic E-state index is 0.342. The molecule has 2 N–H and O–H groups in total. The zero-order valence-electron chi connectivity index (χ0n) is 16.2. The molecule has 0 unspecified atom stereocenters. The van der Waals surface area contributed by atoms with E-state index in [1.165, 1.54) is 12.1 Å². The predicted octanol–water partition coefficient (Wildman–Crippen LogP) is 5.75. The van der Waals surface area contributed by atoms with E-state index < -0.39 is 5.91 Å². The first-order chi connectivity index (χ1) is 14.6. The summed E-state index contributed by atoms with van der Waals surface area (Å²) in [6.07, 6.45) is 0. The van der Waals surface area contributed by atoms with Crippen molar-refractivity contribution in [1.82, 2.24) is 4.57 Å². The molecule has 1 heterocycles. The number of amides is 1. The quantitative estimate of drug-likeness (QED) is 0.415. The lowest BCUT2D eigenvalue weighted by Crippen LogP contribution is -2.11. The maximum atomic E-state index is 14.1. The molecule has 0 radical (unpaired) electrons. The molecule has 0 spiro atoms. The number of carbonyl (C=O) groups is 1. The maximum Gasteiger partial charge on any atom is 0.249 e. The van der Waals surface area contributed by atoms with Crippen LogP contribution in [0.3, 0.4) is 0 Å². The Morgan fingerprint density at radius 1 is 0.833 bits per heavy atom. The van der Waals surface area contributed by atoms with Gasteiger partial charge in [-0.3, -0.25) is 4.79 Å². The van der Waals surface area contributed by atoms with Crippen LogP contribution in [0.1, 0.15) is 15.9 Å². The normalized spacial score (nSPS) is 11.2. The number of benzene rings is 4. The molecule has 0 atom stereocenters. The van der Waals surface area contributed by atoms with E-state index >= 15 is 0 Å². The van der Waals surface area contributed by atoms with Gasteiger partial charge in [0.1, 0.15) is 5.82 Å². The molecule has 30 heavy (non-hydrogen) atoms. The summed E-state index contributed by atoms with van der Waals surface area (Å²) in [4.78, 5) is 12.1. The number of hydrogen-bond donors (Lipinski definition) is 1. The number of aromatic nitrogens is 1. The third-order valence-electron chi connectivity index (χ3n) is 5.55. The summed E-state index contributed by atoms with van der Waals surface area (Å²) >= 11 is 0. The highest BCUT2D eigenvalue weighted by Crippen LogP contribution is 2.34. The summed E-state index contributed by atoms with van der Waals surface area (Å²) in [6, 6.07) is 28.6. The summed E-state index contributed by atoms with van der Waals surface area (Å²) in [6.45, 7) is 0.582. The summed E-state index contributed by atoms with van der Waals surface area (Å²) in [5.74, 6) is -0.862. The molecule has 146 valence electrons. The van der Waals surface area contributed by atoms with Crippen LogP contribution in [0, 0.1) is 5.82 Å². The zero-order chi connectivity index (χ0) is 20.7. The van der Waals surface area contributed by atoms with Crippen LogP contribution in [-0.4, -0.2) is 10.5 Å². The van der Waals surface area contributed by atoms with Crippen LogP contribution < -0.4 is 5.73 Å². The van der Waals surface area contributed by atoms with Crippen molar-refractivity contribution in [3.05, 3.63) is 108 Å². The van der Waals surface area contributed by atoms with Crippen LogP contribution in [0.4, 0.5) is 4.39 Å². The smallest absolute Gasteiger partial charge is 0.249 e. The number of fused-ring (bicyclic) bond motifs is 3. The lowest BCUT2D eigenvalue weighted by Gasteiger charge is -2.13. The van der Waals surface area contributed by atoms with E-state index in [2.05, 4.69) is 28.8 Å². The highest BCUT2D eigenvalue weighted by atomic mass is 19.1. The fourth-order valence-electron chi connectivity index (χ4n) is 4.23. The largest absolute Gasteiger partial charge is 0.366 e. The van der Waals surface area contributed by atoms with Crippen molar-refractivity contribution in [3.8, 4) is 11.1 Å². The number of nitrogens with two attached hydrogens (primary N) is 1. The molecule has 5 aromatic rings. The summed E-state index contributed by atoms with van der Waals surface area (Å²) < 4.78 is 16.2. The second-order valence-electron chi connectivity index (χ2n) is 7.33. The van der Waals surface area contributed by atoms with Gasteiger partial charge in [0.15, 0.2) is 0 Å². The molecule has 0 bridgehead atoms. The number of primary amides is 1. The summed E-state index contributed by atoms with van der Waals surface area (Å²) in [7, 11) is 0. The molecule has 0 saturated heterocycles. The number of nitrogens with zero attached hydrogens (tertiary/aromatic N) is 1. The van der Waals surface area contributed by atoms with Crippen LogP contribution in [0.25, 0.3) is 32.9 Å². The van der Waals surface area contributed by atoms with E-state index in [0.29, 0.717) is 22.9 Å². The average molecular weight is 394 g/mol. The van der Waals surface area contributed by atoms with Gasteiger partial charge in [0.2, 0.25) is 5.91 Å². The predicted molar refractivity (Wildman–Crippen MR) is 119 cm³/mol. The number of carbonyl (C=O) groups excluding carboxylic acids is 1. The van der Waals surface area contributed by atoms with Crippen molar-refractivity contribution < 1.29 is 9.18 Å². The molecule has 0 fully saturated rings. The molecule has 0 aliphatic heterocycles. The van der Waals surface area contributed by atoms with Crippen LogP contribution in [0.2, 0.25) is 0 Å². The minimum atomic E-state index is -0.520. The summed E-state index contributed by atoms with van der Waals surface area (Å²) in [5, 5.41) is 1.38. The number of halogens is 1. The standard InChI is InChI=1S/C26H19FN2O/c27-19-13-14-23-22(15-19)25-21(26(28)30)11-6-12-24(25)29(23)16-18-9-4-5-10-20(18)17-7-2-1-3-8-17/h1-15H,16H2,(H2,28,30). The lowest BCUT2D eigenvalue weighted by molar-refractivity contribution is 0.100. The van der Waals surface area contributed by atoms with Gasteiger partial charge >= 0.3 is 0 Å². The van der Waals surface area contributed by atoms with Gasteiger partial charge in [-0.1, -0.05) is 60.7 Å². The molecular formula is C26H19FN2O. The first kappa shape index (κ1) is 18.1. The average Bonchev–Trinajstić information content (AvgIpc) is 3.07. The van der Waals surface area contributed by atoms with Crippen molar-refractivity contribution in [2.24, 2.45) is 5.73 Å². The molecule has 0 aliphatic carbocycles. The number of rotatable bonds is 4. The zero-order valence-corrected chi connectivity index (χ0v) is 16.2. The van der Waals surface area contributed by atoms with Crippen LogP contribution >= 0.6 is 0 Å². The minimum Gasteiger partial charge on any atom is -0.366 e. The molecule has 1 aromatic heterocycles. The number of hydrogen-bond acceptors (Lipinski definition) is 1. The van der Waals surface area contributed by atoms with E-state index in [-0.39, 0.29) is 5.82 Å². The van der Waals surface area contributed by atoms with Gasteiger partial charge in [-0.05, 0) is 47.0 Å².